The van der Waals surface area contributed by atoms with E-state index in [0.717, 1.165) is 6.04 Å². The summed E-state index contributed by atoms with van der Waals surface area (Å²) in [4.78, 5) is 0. The first-order valence-corrected chi connectivity index (χ1v) is 3.47. The smallest absolute Gasteiger partial charge is 0.00988 e. The Hall–Kier alpha value is 0.680. The van der Waals surface area contributed by atoms with E-state index in [1.165, 1.54) is 25.7 Å². The van der Waals surface area contributed by atoms with Crippen LogP contribution in [0.3, 0.4) is 0 Å². The third-order valence-corrected chi connectivity index (χ3v) is 2.06. The van der Waals surface area contributed by atoms with Gasteiger partial charge in [0.2, 0.25) is 0 Å². The van der Waals surface area contributed by atoms with Gasteiger partial charge in [0.25, 0.3) is 0 Å². The molecule has 3 heteroatoms. The van der Waals surface area contributed by atoms with Crippen LogP contribution in [0.2, 0.25) is 0 Å². The zero-order valence-electron chi connectivity index (χ0n) is 4.89. The third kappa shape index (κ3) is 2.30. The molecule has 0 spiro atoms. The minimum Gasteiger partial charge on any atom is -0.298 e. The van der Waals surface area contributed by atoms with Crippen LogP contribution in [0.5, 0.6) is 0 Å². The van der Waals surface area contributed by atoms with Gasteiger partial charge in [-0.05, 0) is 12.8 Å². The van der Waals surface area contributed by atoms with Gasteiger partial charge in [-0.25, -0.2) is 0 Å². The monoisotopic (exact) mass is 153 g/mol. The number of hydrogen-bond donors (Lipinski definition) is 1. The molecule has 0 aromatic rings. The van der Waals surface area contributed by atoms with Crippen LogP contribution in [0.1, 0.15) is 25.7 Å². The highest BCUT2D eigenvalue weighted by Gasteiger charge is 2.10. The van der Waals surface area contributed by atoms with E-state index in [1.54, 1.807) is 0 Å². The van der Waals surface area contributed by atoms with Gasteiger partial charge < -0.3 is 0 Å². The third-order valence-electron chi connectivity index (χ3n) is 1.59. The molecule has 1 aliphatic carbocycles. The van der Waals surface area contributed by atoms with Gasteiger partial charge in [0.05, 0.1) is 0 Å². The van der Waals surface area contributed by atoms with Crippen molar-refractivity contribution in [1.82, 2.24) is 5.09 Å². The molecule has 0 amide bonds. The van der Waals surface area contributed by atoms with Gasteiger partial charge in [-0.3, -0.25) is 5.09 Å². The average Bonchev–Trinajstić information content (AvgIpc) is 2.14. The molecule has 1 nitrogen and oxygen atoms in total. The van der Waals surface area contributed by atoms with E-state index in [1.807, 2.05) is 0 Å². The molecule has 1 N–H and O–H groups in total. The van der Waals surface area contributed by atoms with Gasteiger partial charge in [-0.2, -0.15) is 0 Å². The van der Waals surface area contributed by atoms with Crippen LogP contribution >= 0.6 is 21.8 Å². The molecular formula is C5H13ClNP. The zero-order valence-corrected chi connectivity index (χ0v) is 6.86. The topological polar surface area (TPSA) is 12.0 Å². The van der Waals surface area contributed by atoms with Crippen molar-refractivity contribution in [3.63, 3.8) is 0 Å². The predicted octanol–water partition coefficient (Wildman–Crippen LogP) is 1.73. The number of nitrogens with one attached hydrogen (secondary N) is 1. The molecule has 8 heavy (non-hydrogen) atoms. The first-order chi connectivity index (χ1) is 3.43. The van der Waals surface area contributed by atoms with Crippen LogP contribution in [0, 0.1) is 0 Å². The van der Waals surface area contributed by atoms with Crippen LogP contribution in [0.25, 0.3) is 0 Å². The van der Waals surface area contributed by atoms with E-state index < -0.39 is 0 Å². The fourth-order valence-corrected chi connectivity index (χ4v) is 1.43. The fraction of sp³-hybridized carbons (Fsp3) is 1.00. The molecular weight excluding hydrogens is 140 g/mol. The van der Waals surface area contributed by atoms with Crippen molar-refractivity contribution in [2.24, 2.45) is 0 Å². The molecule has 1 atom stereocenters. The van der Waals surface area contributed by atoms with Crippen molar-refractivity contribution >= 4 is 21.8 Å². The van der Waals surface area contributed by atoms with E-state index >= 15 is 0 Å². The maximum atomic E-state index is 3.18. The SMILES string of the molecule is Cl.PNC1CCCC1. The maximum absolute atomic E-state index is 3.18. The van der Waals surface area contributed by atoms with Crippen molar-refractivity contribution < 1.29 is 0 Å². The van der Waals surface area contributed by atoms with E-state index in [9.17, 15) is 0 Å². The van der Waals surface area contributed by atoms with E-state index in [0.29, 0.717) is 0 Å². The summed E-state index contributed by atoms with van der Waals surface area (Å²) in [6.45, 7) is 0. The number of hydrogen-bond acceptors (Lipinski definition) is 1. The molecule has 0 aromatic carbocycles. The minimum absolute atomic E-state index is 0. The molecule has 0 radical (unpaired) electrons. The summed E-state index contributed by atoms with van der Waals surface area (Å²) < 4.78 is 0. The van der Waals surface area contributed by atoms with Gasteiger partial charge in [0.15, 0.2) is 0 Å². The van der Waals surface area contributed by atoms with E-state index in [-0.39, 0.29) is 12.4 Å². The van der Waals surface area contributed by atoms with Crippen LogP contribution in [-0.2, 0) is 0 Å². The summed E-state index contributed by atoms with van der Waals surface area (Å²) >= 11 is 0. The summed E-state index contributed by atoms with van der Waals surface area (Å²) in [5, 5.41) is 3.18. The highest BCUT2D eigenvalue weighted by atomic mass is 35.5. The Labute approximate surface area is 59.3 Å². The van der Waals surface area contributed by atoms with Gasteiger partial charge in [0, 0.05) is 6.04 Å². The summed E-state index contributed by atoms with van der Waals surface area (Å²) in [7, 11) is 2.57. The molecule has 0 heterocycles. The van der Waals surface area contributed by atoms with Crippen molar-refractivity contribution in [3.8, 4) is 0 Å². The number of halogens is 1. The van der Waals surface area contributed by atoms with Crippen LogP contribution in [-0.4, -0.2) is 6.04 Å². The largest absolute Gasteiger partial charge is 0.298 e. The van der Waals surface area contributed by atoms with Crippen molar-refractivity contribution in [1.29, 1.82) is 0 Å². The van der Waals surface area contributed by atoms with Crippen LogP contribution < -0.4 is 5.09 Å². The lowest BCUT2D eigenvalue weighted by atomic mass is 10.3. The lowest BCUT2D eigenvalue weighted by Gasteiger charge is -2.02. The highest BCUT2D eigenvalue weighted by molar-refractivity contribution is 7.13. The second-order valence-electron chi connectivity index (χ2n) is 2.15. The van der Waals surface area contributed by atoms with Gasteiger partial charge in [0.1, 0.15) is 0 Å². The summed E-state index contributed by atoms with van der Waals surface area (Å²) in [6, 6.07) is 0.810. The Morgan fingerprint density at radius 3 is 2.00 bits per heavy atom. The first-order valence-electron chi connectivity index (χ1n) is 2.89. The van der Waals surface area contributed by atoms with Crippen molar-refractivity contribution in [2.75, 3.05) is 0 Å². The molecule has 50 valence electrons. The summed E-state index contributed by atoms with van der Waals surface area (Å²) in [5.41, 5.74) is 0. The molecule has 0 aromatic heterocycles. The zero-order chi connectivity index (χ0) is 5.11. The molecule has 1 saturated carbocycles. The highest BCUT2D eigenvalue weighted by Crippen LogP contribution is 2.17. The molecule has 1 unspecified atom stereocenters. The summed E-state index contributed by atoms with van der Waals surface area (Å²) in [6.07, 6.45) is 5.60. The van der Waals surface area contributed by atoms with Crippen molar-refractivity contribution in [3.05, 3.63) is 0 Å². The molecule has 0 saturated heterocycles. The standard InChI is InChI=1S/C5H12NP.ClH/c7-6-5-3-1-2-4-5;/h5-6H,1-4,7H2;1H. The molecule has 0 bridgehead atoms. The number of rotatable bonds is 1. The Kier molecular flexibility index (Phi) is 4.94. The Morgan fingerprint density at radius 1 is 1.25 bits per heavy atom. The second-order valence-corrected chi connectivity index (χ2v) is 2.48. The fourth-order valence-electron chi connectivity index (χ4n) is 1.09. The molecule has 1 fully saturated rings. The maximum Gasteiger partial charge on any atom is 0.00988 e. The predicted molar refractivity (Wildman–Crippen MR) is 42.3 cm³/mol. The lowest BCUT2D eigenvalue weighted by molar-refractivity contribution is 0.657. The summed E-state index contributed by atoms with van der Waals surface area (Å²) in [5.74, 6) is 0. The van der Waals surface area contributed by atoms with Gasteiger partial charge in [-0.1, -0.05) is 22.2 Å². The van der Waals surface area contributed by atoms with E-state index in [4.69, 9.17) is 0 Å². The van der Waals surface area contributed by atoms with Gasteiger partial charge >= 0.3 is 0 Å². The molecule has 0 aliphatic heterocycles. The first kappa shape index (κ1) is 8.68. The molecule has 1 aliphatic rings. The Morgan fingerprint density at radius 2 is 1.75 bits per heavy atom. The van der Waals surface area contributed by atoms with Gasteiger partial charge in [-0.15, -0.1) is 12.4 Å². The molecule has 1 rings (SSSR count). The minimum atomic E-state index is 0. The Balaban J connectivity index is 0.000000490. The quantitative estimate of drug-likeness (QED) is 0.566. The second kappa shape index (κ2) is 4.55. The van der Waals surface area contributed by atoms with Crippen LogP contribution in [0.4, 0.5) is 0 Å². The normalized spacial score (nSPS) is 20.6. The van der Waals surface area contributed by atoms with Crippen molar-refractivity contribution in [2.45, 2.75) is 31.7 Å². The van der Waals surface area contributed by atoms with Crippen LogP contribution in [0.15, 0.2) is 0 Å². The Bertz CT molecular complexity index is 54.4. The lowest BCUT2D eigenvalue weighted by Crippen LogP contribution is -2.13. The van der Waals surface area contributed by atoms with E-state index in [2.05, 4.69) is 14.5 Å². The average molecular weight is 154 g/mol.